The molecule has 2 rings (SSSR count). The van der Waals surface area contributed by atoms with Crippen LogP contribution in [-0.2, 0) is 12.8 Å². The molecule has 0 radical (unpaired) electrons. The summed E-state index contributed by atoms with van der Waals surface area (Å²) in [6.45, 7) is -0.975. The molecule has 1 aromatic rings. The normalized spacial score (nSPS) is 14.5. The maximum Gasteiger partial charge on any atom is 0.264 e. The summed E-state index contributed by atoms with van der Waals surface area (Å²) >= 11 is 1.41. The van der Waals surface area contributed by atoms with Crippen LogP contribution in [0.3, 0.4) is 0 Å². The van der Waals surface area contributed by atoms with Gasteiger partial charge in [-0.25, -0.2) is 8.78 Å². The van der Waals surface area contributed by atoms with Gasteiger partial charge in [-0.1, -0.05) is 0 Å². The van der Waals surface area contributed by atoms with Gasteiger partial charge in [-0.2, -0.15) is 0 Å². The van der Waals surface area contributed by atoms with Crippen molar-refractivity contribution >= 4 is 17.2 Å². The van der Waals surface area contributed by atoms with Gasteiger partial charge < -0.3 is 10.0 Å². The molecule has 0 saturated heterocycles. The monoisotopic (exact) mass is 289 g/mol. The van der Waals surface area contributed by atoms with Crippen molar-refractivity contribution in [2.24, 2.45) is 0 Å². The molecule has 0 fully saturated rings. The average molecular weight is 289 g/mol. The van der Waals surface area contributed by atoms with Crippen LogP contribution in [0.4, 0.5) is 8.78 Å². The second-order valence-electron chi connectivity index (χ2n) is 4.63. The first-order valence-corrected chi connectivity index (χ1v) is 7.23. The minimum Gasteiger partial charge on any atom is -0.395 e. The summed E-state index contributed by atoms with van der Waals surface area (Å²) in [6.07, 6.45) is 1.61. The Morgan fingerprint density at radius 1 is 1.42 bits per heavy atom. The Bertz CT molecular complexity index is 424. The van der Waals surface area contributed by atoms with E-state index in [0.717, 1.165) is 30.6 Å². The maximum absolute atomic E-state index is 12.4. The molecule has 19 heavy (non-hydrogen) atoms. The predicted molar refractivity (Wildman–Crippen MR) is 70.0 cm³/mol. The fraction of sp³-hybridized carbons (Fsp3) is 0.615. The predicted octanol–water partition coefficient (Wildman–Crippen LogP) is 2.33. The average Bonchev–Trinajstić information content (AvgIpc) is 2.80. The molecular formula is C13H17F2NO2S. The number of rotatable bonds is 5. The second-order valence-corrected chi connectivity index (χ2v) is 5.77. The van der Waals surface area contributed by atoms with Gasteiger partial charge in [0.25, 0.3) is 12.3 Å². The highest BCUT2D eigenvalue weighted by atomic mass is 32.1. The number of alkyl halides is 2. The number of fused-ring (bicyclic) bond motifs is 1. The first-order chi connectivity index (χ1) is 9.11. The quantitative estimate of drug-likeness (QED) is 0.904. The van der Waals surface area contributed by atoms with Crippen molar-refractivity contribution in [3.8, 4) is 0 Å². The molecule has 1 aliphatic rings. The van der Waals surface area contributed by atoms with Gasteiger partial charge in [0.2, 0.25) is 0 Å². The van der Waals surface area contributed by atoms with E-state index in [9.17, 15) is 13.6 Å². The molecule has 0 unspecified atom stereocenters. The summed E-state index contributed by atoms with van der Waals surface area (Å²) in [7, 11) is 0. The van der Waals surface area contributed by atoms with Crippen molar-refractivity contribution in [3.05, 3.63) is 21.4 Å². The molecule has 0 spiro atoms. The van der Waals surface area contributed by atoms with E-state index in [1.54, 1.807) is 0 Å². The van der Waals surface area contributed by atoms with Crippen molar-refractivity contribution < 1.29 is 18.7 Å². The van der Waals surface area contributed by atoms with Gasteiger partial charge in [-0.05, 0) is 37.3 Å². The standard InChI is InChI=1S/C13H17F2NO2S/c14-12(15)8-16(5-6-17)13(18)11-7-9-3-1-2-4-10(9)19-11/h7,12,17H,1-6,8H2. The molecule has 1 heterocycles. The fourth-order valence-electron chi connectivity index (χ4n) is 2.31. The van der Waals surface area contributed by atoms with E-state index < -0.39 is 18.9 Å². The number of hydrogen-bond acceptors (Lipinski definition) is 3. The van der Waals surface area contributed by atoms with Crippen LogP contribution >= 0.6 is 11.3 Å². The lowest BCUT2D eigenvalue weighted by atomic mass is 9.99. The Morgan fingerprint density at radius 2 is 2.16 bits per heavy atom. The zero-order chi connectivity index (χ0) is 13.8. The molecule has 0 bridgehead atoms. The molecule has 1 amide bonds. The number of carbonyl (C=O) groups is 1. The van der Waals surface area contributed by atoms with Crippen molar-refractivity contribution in [2.45, 2.75) is 32.1 Å². The topological polar surface area (TPSA) is 40.5 Å². The molecule has 1 aromatic heterocycles. The van der Waals surface area contributed by atoms with Gasteiger partial charge in [0, 0.05) is 11.4 Å². The lowest BCUT2D eigenvalue weighted by molar-refractivity contribution is 0.0513. The summed E-state index contributed by atoms with van der Waals surface area (Å²) in [6, 6.07) is 1.83. The number of aryl methyl sites for hydroxylation is 2. The van der Waals surface area contributed by atoms with E-state index in [0.29, 0.717) is 4.88 Å². The lowest BCUT2D eigenvalue weighted by Crippen LogP contribution is -2.36. The lowest BCUT2D eigenvalue weighted by Gasteiger charge is -2.20. The molecule has 3 nitrogen and oxygen atoms in total. The summed E-state index contributed by atoms with van der Waals surface area (Å²) in [5.41, 5.74) is 1.18. The van der Waals surface area contributed by atoms with Gasteiger partial charge in [0.05, 0.1) is 18.0 Å². The molecule has 6 heteroatoms. The molecular weight excluding hydrogens is 272 g/mol. The Balaban J connectivity index is 2.13. The number of halogens is 2. The van der Waals surface area contributed by atoms with Crippen LogP contribution in [0.5, 0.6) is 0 Å². The molecule has 1 N–H and O–H groups in total. The van der Waals surface area contributed by atoms with Crippen molar-refractivity contribution in [1.82, 2.24) is 4.90 Å². The van der Waals surface area contributed by atoms with E-state index in [4.69, 9.17) is 5.11 Å². The Kier molecular flexibility index (Phi) is 4.87. The van der Waals surface area contributed by atoms with E-state index in [2.05, 4.69) is 0 Å². The van der Waals surface area contributed by atoms with E-state index in [1.165, 1.54) is 21.8 Å². The molecule has 1 aliphatic carbocycles. The highest BCUT2D eigenvalue weighted by Gasteiger charge is 2.23. The zero-order valence-electron chi connectivity index (χ0n) is 10.6. The first kappa shape index (κ1) is 14.4. The minimum atomic E-state index is -2.58. The minimum absolute atomic E-state index is 0.0499. The van der Waals surface area contributed by atoms with Gasteiger partial charge in [0.15, 0.2) is 0 Å². The summed E-state index contributed by atoms with van der Waals surface area (Å²) < 4.78 is 24.9. The van der Waals surface area contributed by atoms with Crippen LogP contribution in [0.25, 0.3) is 0 Å². The molecule has 0 aliphatic heterocycles. The van der Waals surface area contributed by atoms with Crippen LogP contribution in [0.2, 0.25) is 0 Å². The number of carbonyl (C=O) groups excluding carboxylic acids is 1. The van der Waals surface area contributed by atoms with Crippen LogP contribution in [-0.4, -0.2) is 42.0 Å². The first-order valence-electron chi connectivity index (χ1n) is 6.41. The third-order valence-electron chi connectivity index (χ3n) is 3.22. The van der Waals surface area contributed by atoms with Crippen molar-refractivity contribution in [3.63, 3.8) is 0 Å². The van der Waals surface area contributed by atoms with Crippen molar-refractivity contribution in [1.29, 1.82) is 0 Å². The van der Waals surface area contributed by atoms with Crippen LogP contribution in [0.1, 0.15) is 33.0 Å². The Morgan fingerprint density at radius 3 is 2.79 bits per heavy atom. The number of hydrogen-bond donors (Lipinski definition) is 1. The smallest absolute Gasteiger partial charge is 0.264 e. The highest BCUT2D eigenvalue weighted by molar-refractivity contribution is 7.14. The number of nitrogens with zero attached hydrogens (tertiary/aromatic N) is 1. The van der Waals surface area contributed by atoms with Crippen LogP contribution in [0.15, 0.2) is 6.07 Å². The van der Waals surface area contributed by atoms with E-state index in [1.807, 2.05) is 6.07 Å². The molecule has 0 atom stereocenters. The summed E-state index contributed by atoms with van der Waals surface area (Å²) in [4.78, 5) is 14.9. The Labute approximate surface area is 114 Å². The largest absolute Gasteiger partial charge is 0.395 e. The summed E-state index contributed by atoms with van der Waals surface area (Å²) in [5, 5.41) is 8.87. The van der Waals surface area contributed by atoms with E-state index >= 15 is 0 Å². The highest BCUT2D eigenvalue weighted by Crippen LogP contribution is 2.30. The second kappa shape index (κ2) is 6.43. The maximum atomic E-state index is 12.4. The number of thiophene rings is 1. The molecule has 106 valence electrons. The third-order valence-corrected chi connectivity index (χ3v) is 4.45. The van der Waals surface area contributed by atoms with Gasteiger partial charge in [-0.3, -0.25) is 4.79 Å². The number of aliphatic hydroxyl groups is 1. The number of aliphatic hydroxyl groups excluding tert-OH is 1. The van der Waals surface area contributed by atoms with Gasteiger partial charge in [0.1, 0.15) is 0 Å². The van der Waals surface area contributed by atoms with Crippen LogP contribution in [0, 0.1) is 0 Å². The molecule has 0 saturated carbocycles. The van der Waals surface area contributed by atoms with Crippen molar-refractivity contribution in [2.75, 3.05) is 19.7 Å². The third kappa shape index (κ3) is 3.51. The summed E-state index contributed by atoms with van der Waals surface area (Å²) in [5.74, 6) is -0.395. The number of amides is 1. The molecule has 0 aromatic carbocycles. The zero-order valence-corrected chi connectivity index (χ0v) is 11.4. The van der Waals surface area contributed by atoms with Crippen LogP contribution < -0.4 is 0 Å². The Hall–Kier alpha value is -1.01. The van der Waals surface area contributed by atoms with Gasteiger partial charge in [-0.15, -0.1) is 11.3 Å². The van der Waals surface area contributed by atoms with Gasteiger partial charge >= 0.3 is 0 Å². The van der Waals surface area contributed by atoms with E-state index in [-0.39, 0.29) is 13.2 Å². The fourth-order valence-corrected chi connectivity index (χ4v) is 3.54. The SMILES string of the molecule is O=C(c1cc2c(s1)CCCC2)N(CCO)CC(F)F.